The van der Waals surface area contributed by atoms with Crippen LogP contribution in [-0.4, -0.2) is 35.0 Å². The Morgan fingerprint density at radius 2 is 2.11 bits per heavy atom. The van der Waals surface area contributed by atoms with Crippen molar-refractivity contribution >= 4 is 39.0 Å². The van der Waals surface area contributed by atoms with Crippen LogP contribution in [-0.2, 0) is 0 Å². The number of thioether (sulfide) groups is 1. The summed E-state index contributed by atoms with van der Waals surface area (Å²) >= 11 is 7.27. The molecular formula is C14H15BrN2S2. The molecule has 0 saturated carbocycles. The zero-order valence-electron chi connectivity index (χ0n) is 10.7. The fraction of sp³-hybridized carbons (Fsp3) is 0.357. The van der Waals surface area contributed by atoms with Gasteiger partial charge in [-0.2, -0.15) is 11.8 Å². The van der Waals surface area contributed by atoms with Crippen LogP contribution in [0.3, 0.4) is 0 Å². The fourth-order valence-electron chi connectivity index (χ4n) is 2.14. The first-order valence-electron chi connectivity index (χ1n) is 6.23. The van der Waals surface area contributed by atoms with Crippen molar-refractivity contribution in [3.05, 3.63) is 39.1 Å². The van der Waals surface area contributed by atoms with E-state index < -0.39 is 0 Å². The molecule has 0 spiro atoms. The van der Waals surface area contributed by atoms with Crippen LogP contribution in [0.1, 0.15) is 11.0 Å². The maximum Gasteiger partial charge on any atom is 0.111 e. The number of hydrogen-bond acceptors (Lipinski definition) is 4. The molecule has 2 heterocycles. The van der Waals surface area contributed by atoms with Crippen LogP contribution in [0, 0.1) is 0 Å². The first-order valence-corrected chi connectivity index (χ1v) is 9.06. The highest BCUT2D eigenvalue weighted by atomic mass is 79.9. The molecule has 1 saturated heterocycles. The number of hydrogen-bond donors (Lipinski definition) is 0. The van der Waals surface area contributed by atoms with E-state index in [1.807, 2.05) is 11.8 Å². The molecule has 0 amide bonds. The molecule has 1 aromatic heterocycles. The number of thiazole rings is 1. The zero-order chi connectivity index (χ0) is 13.2. The third-order valence-electron chi connectivity index (χ3n) is 3.34. The summed E-state index contributed by atoms with van der Waals surface area (Å²) in [6.07, 6.45) is 0. The topological polar surface area (TPSA) is 16.1 Å². The third-order valence-corrected chi connectivity index (χ3v) is 5.84. The molecule has 19 heavy (non-hydrogen) atoms. The molecule has 3 rings (SSSR count). The van der Waals surface area contributed by atoms with Crippen LogP contribution >= 0.6 is 39.0 Å². The number of halogens is 1. The maximum atomic E-state index is 4.83. The lowest BCUT2D eigenvalue weighted by Crippen LogP contribution is -2.32. The SMILES string of the molecule is CN1CCSCC1c1nc(-c2ccc(Br)cc2)cs1. The average Bonchev–Trinajstić information content (AvgIpc) is 2.89. The van der Waals surface area contributed by atoms with Gasteiger partial charge in [0, 0.05) is 33.5 Å². The van der Waals surface area contributed by atoms with Crippen molar-refractivity contribution in [1.29, 1.82) is 0 Å². The smallest absolute Gasteiger partial charge is 0.111 e. The van der Waals surface area contributed by atoms with Gasteiger partial charge < -0.3 is 0 Å². The fourth-order valence-corrected chi connectivity index (χ4v) is 4.72. The highest BCUT2D eigenvalue weighted by Crippen LogP contribution is 2.32. The summed E-state index contributed by atoms with van der Waals surface area (Å²) in [6, 6.07) is 8.84. The molecule has 5 heteroatoms. The molecule has 2 aromatic rings. The van der Waals surface area contributed by atoms with Crippen LogP contribution in [0.2, 0.25) is 0 Å². The summed E-state index contributed by atoms with van der Waals surface area (Å²) in [5.74, 6) is 2.39. The molecule has 1 atom stereocenters. The van der Waals surface area contributed by atoms with Crippen molar-refractivity contribution in [2.75, 3.05) is 25.1 Å². The molecule has 1 aliphatic heterocycles. The minimum Gasteiger partial charge on any atom is -0.296 e. The minimum atomic E-state index is 0.480. The molecular weight excluding hydrogens is 340 g/mol. The summed E-state index contributed by atoms with van der Waals surface area (Å²) in [6.45, 7) is 1.16. The van der Waals surface area contributed by atoms with Crippen molar-refractivity contribution < 1.29 is 0 Å². The average molecular weight is 355 g/mol. The van der Waals surface area contributed by atoms with Crippen LogP contribution in [0.4, 0.5) is 0 Å². The van der Waals surface area contributed by atoms with E-state index in [-0.39, 0.29) is 0 Å². The summed E-state index contributed by atoms with van der Waals surface area (Å²) < 4.78 is 1.11. The van der Waals surface area contributed by atoms with Gasteiger partial charge in [-0.05, 0) is 19.2 Å². The molecule has 0 aliphatic carbocycles. The molecule has 0 N–H and O–H groups in total. The number of rotatable bonds is 2. The Bertz CT molecular complexity index is 553. The van der Waals surface area contributed by atoms with E-state index in [1.54, 1.807) is 11.3 Å². The second-order valence-electron chi connectivity index (χ2n) is 4.65. The minimum absolute atomic E-state index is 0.480. The van der Waals surface area contributed by atoms with Gasteiger partial charge >= 0.3 is 0 Å². The van der Waals surface area contributed by atoms with Gasteiger partial charge in [0.1, 0.15) is 5.01 Å². The monoisotopic (exact) mass is 354 g/mol. The van der Waals surface area contributed by atoms with Crippen molar-refractivity contribution in [3.63, 3.8) is 0 Å². The van der Waals surface area contributed by atoms with Gasteiger partial charge in [-0.25, -0.2) is 4.98 Å². The molecule has 1 fully saturated rings. The standard InChI is InChI=1S/C14H15BrN2S2/c1-17-6-7-18-9-13(17)14-16-12(8-19-14)10-2-4-11(15)5-3-10/h2-5,8,13H,6-7,9H2,1H3. The van der Waals surface area contributed by atoms with E-state index in [9.17, 15) is 0 Å². The van der Waals surface area contributed by atoms with Gasteiger partial charge in [0.2, 0.25) is 0 Å². The zero-order valence-corrected chi connectivity index (χ0v) is 13.9. The van der Waals surface area contributed by atoms with Crippen LogP contribution in [0.15, 0.2) is 34.1 Å². The van der Waals surface area contributed by atoms with Gasteiger partial charge in [-0.15, -0.1) is 11.3 Å². The van der Waals surface area contributed by atoms with Gasteiger partial charge in [-0.1, -0.05) is 28.1 Å². The number of aromatic nitrogens is 1. The lowest BCUT2D eigenvalue weighted by atomic mass is 10.2. The number of nitrogens with zero attached hydrogens (tertiary/aromatic N) is 2. The van der Waals surface area contributed by atoms with Crippen molar-refractivity contribution in [1.82, 2.24) is 9.88 Å². The first kappa shape index (κ1) is 13.6. The highest BCUT2D eigenvalue weighted by molar-refractivity contribution is 9.10. The van der Waals surface area contributed by atoms with E-state index in [2.05, 4.69) is 57.5 Å². The van der Waals surface area contributed by atoms with Crippen LogP contribution < -0.4 is 0 Å². The normalized spacial score (nSPS) is 20.6. The Morgan fingerprint density at radius 3 is 2.84 bits per heavy atom. The predicted octanol–water partition coefficient (Wildman–Crippen LogP) is 4.29. The van der Waals surface area contributed by atoms with E-state index in [4.69, 9.17) is 4.98 Å². The van der Waals surface area contributed by atoms with E-state index in [0.717, 1.165) is 22.5 Å². The molecule has 1 aromatic carbocycles. The summed E-state index contributed by atoms with van der Waals surface area (Å²) in [4.78, 5) is 7.25. The van der Waals surface area contributed by atoms with E-state index in [1.165, 1.54) is 16.3 Å². The second-order valence-corrected chi connectivity index (χ2v) is 7.60. The molecule has 0 radical (unpaired) electrons. The Morgan fingerprint density at radius 1 is 1.32 bits per heavy atom. The lowest BCUT2D eigenvalue weighted by molar-refractivity contribution is 0.274. The highest BCUT2D eigenvalue weighted by Gasteiger charge is 2.23. The van der Waals surface area contributed by atoms with Gasteiger partial charge in [-0.3, -0.25) is 4.90 Å². The Labute approximate surface area is 130 Å². The van der Waals surface area contributed by atoms with Crippen molar-refractivity contribution in [2.45, 2.75) is 6.04 Å². The Balaban J connectivity index is 1.84. The Hall–Kier alpha value is -0.360. The summed E-state index contributed by atoms with van der Waals surface area (Å²) in [5.41, 5.74) is 2.29. The molecule has 1 unspecified atom stereocenters. The molecule has 0 bridgehead atoms. The van der Waals surface area contributed by atoms with Gasteiger partial charge in [0.25, 0.3) is 0 Å². The maximum absolute atomic E-state index is 4.83. The first-order chi connectivity index (χ1) is 9.24. The third kappa shape index (κ3) is 3.05. The lowest BCUT2D eigenvalue weighted by Gasteiger charge is -2.30. The number of benzene rings is 1. The predicted molar refractivity (Wildman–Crippen MR) is 87.9 cm³/mol. The van der Waals surface area contributed by atoms with Crippen molar-refractivity contribution in [2.24, 2.45) is 0 Å². The molecule has 2 nitrogen and oxygen atoms in total. The van der Waals surface area contributed by atoms with Gasteiger partial charge in [0.15, 0.2) is 0 Å². The van der Waals surface area contributed by atoms with Crippen LogP contribution in [0.25, 0.3) is 11.3 Å². The van der Waals surface area contributed by atoms with Crippen molar-refractivity contribution in [3.8, 4) is 11.3 Å². The Kier molecular flexibility index (Phi) is 4.27. The quantitative estimate of drug-likeness (QED) is 0.799. The largest absolute Gasteiger partial charge is 0.296 e. The van der Waals surface area contributed by atoms with E-state index >= 15 is 0 Å². The second kappa shape index (κ2) is 5.95. The van der Waals surface area contributed by atoms with E-state index in [0.29, 0.717) is 6.04 Å². The van der Waals surface area contributed by atoms with Crippen LogP contribution in [0.5, 0.6) is 0 Å². The summed E-state index contributed by atoms with van der Waals surface area (Å²) in [5, 5.41) is 3.42. The molecule has 100 valence electrons. The van der Waals surface area contributed by atoms with Gasteiger partial charge in [0.05, 0.1) is 11.7 Å². The summed E-state index contributed by atoms with van der Waals surface area (Å²) in [7, 11) is 2.20. The molecule has 1 aliphatic rings.